The van der Waals surface area contributed by atoms with Crippen LogP contribution >= 0.6 is 27.3 Å². The Labute approximate surface area is 180 Å². The Morgan fingerprint density at radius 1 is 0.821 bits per heavy atom. The summed E-state index contributed by atoms with van der Waals surface area (Å²) in [6.45, 7) is 6.92. The first-order chi connectivity index (χ1) is 13.4. The van der Waals surface area contributed by atoms with Crippen LogP contribution in [0.2, 0.25) is 5.04 Å². The van der Waals surface area contributed by atoms with Gasteiger partial charge in [0, 0.05) is 19.9 Å². The summed E-state index contributed by atoms with van der Waals surface area (Å²) in [5, 5.41) is 5.92. The maximum absolute atomic E-state index is 7.09. The summed E-state index contributed by atoms with van der Waals surface area (Å²) in [5.74, 6) is 0.941. The lowest BCUT2D eigenvalue weighted by Gasteiger charge is -2.43. The van der Waals surface area contributed by atoms with Gasteiger partial charge in [0.15, 0.2) is 0 Å². The van der Waals surface area contributed by atoms with Crippen LogP contribution in [0.5, 0.6) is 5.75 Å². The van der Waals surface area contributed by atoms with Crippen molar-refractivity contribution >= 4 is 56.0 Å². The molecule has 0 aliphatic rings. The van der Waals surface area contributed by atoms with Gasteiger partial charge in [0.05, 0.1) is 0 Å². The van der Waals surface area contributed by atoms with E-state index in [2.05, 4.69) is 121 Å². The lowest BCUT2D eigenvalue weighted by Crippen LogP contribution is -2.68. The van der Waals surface area contributed by atoms with E-state index in [0.717, 1.165) is 10.2 Å². The maximum Gasteiger partial charge on any atom is 0.319 e. The fourth-order valence-corrected chi connectivity index (χ4v) is 9.88. The SMILES string of the molecule is CC(C)(C)[Si](Oc1ccc2c(Br)csc2c1)(c1ccccc1)c1ccccc1. The molecule has 1 heterocycles. The second-order valence-electron chi connectivity index (χ2n) is 8.01. The van der Waals surface area contributed by atoms with Crippen molar-refractivity contribution in [2.45, 2.75) is 25.8 Å². The lowest BCUT2D eigenvalue weighted by molar-refractivity contribution is 0.509. The molecule has 0 N–H and O–H groups in total. The highest BCUT2D eigenvalue weighted by Gasteiger charge is 2.52. The van der Waals surface area contributed by atoms with E-state index in [1.54, 1.807) is 11.3 Å². The van der Waals surface area contributed by atoms with Crippen LogP contribution in [0.4, 0.5) is 0 Å². The molecule has 0 amide bonds. The summed E-state index contributed by atoms with van der Waals surface area (Å²) < 4.78 is 9.47. The molecule has 0 saturated carbocycles. The predicted molar refractivity (Wildman–Crippen MR) is 128 cm³/mol. The van der Waals surface area contributed by atoms with E-state index >= 15 is 0 Å². The Kier molecular flexibility index (Phi) is 5.21. The average molecular weight is 468 g/mol. The van der Waals surface area contributed by atoms with Gasteiger partial charge in [-0.15, -0.1) is 11.3 Å². The van der Waals surface area contributed by atoms with Crippen LogP contribution in [0.3, 0.4) is 0 Å². The zero-order valence-electron chi connectivity index (χ0n) is 16.3. The van der Waals surface area contributed by atoms with Crippen molar-refractivity contribution in [2.75, 3.05) is 0 Å². The van der Waals surface area contributed by atoms with Gasteiger partial charge in [-0.1, -0.05) is 81.4 Å². The standard InChI is InChI=1S/C24H23BrOSSi/c1-24(2,3)28(19-10-6-4-7-11-19,20-12-8-5-9-13-20)26-18-14-15-21-22(25)17-27-23(21)16-18/h4-17H,1-3H3. The second-order valence-corrected chi connectivity index (χ2v) is 14.0. The third-order valence-electron chi connectivity index (χ3n) is 5.19. The highest BCUT2D eigenvalue weighted by Crippen LogP contribution is 2.39. The minimum Gasteiger partial charge on any atom is -0.534 e. The fourth-order valence-electron chi connectivity index (χ4n) is 3.87. The van der Waals surface area contributed by atoms with Crippen LogP contribution in [0.15, 0.2) is 88.7 Å². The monoisotopic (exact) mass is 466 g/mol. The van der Waals surface area contributed by atoms with Crippen LogP contribution < -0.4 is 14.8 Å². The van der Waals surface area contributed by atoms with Gasteiger partial charge in [0.25, 0.3) is 0 Å². The number of rotatable bonds is 4. The number of benzene rings is 3. The summed E-state index contributed by atoms with van der Waals surface area (Å²) in [6.07, 6.45) is 0. The third kappa shape index (κ3) is 3.34. The van der Waals surface area contributed by atoms with E-state index in [1.807, 2.05) is 0 Å². The first-order valence-corrected chi connectivity index (χ1v) is 13.0. The van der Waals surface area contributed by atoms with E-state index in [-0.39, 0.29) is 5.04 Å². The first kappa shape index (κ1) is 19.4. The molecule has 0 radical (unpaired) electrons. The Morgan fingerprint density at radius 3 is 1.93 bits per heavy atom. The first-order valence-electron chi connectivity index (χ1n) is 9.39. The smallest absolute Gasteiger partial charge is 0.319 e. The van der Waals surface area contributed by atoms with Gasteiger partial charge in [-0.3, -0.25) is 0 Å². The molecule has 4 heteroatoms. The predicted octanol–water partition coefficient (Wildman–Crippen LogP) is 6.60. The molecule has 1 aromatic heterocycles. The number of fused-ring (bicyclic) bond motifs is 1. The number of hydrogen-bond donors (Lipinski definition) is 0. The van der Waals surface area contributed by atoms with Gasteiger partial charge in [-0.25, -0.2) is 0 Å². The highest BCUT2D eigenvalue weighted by atomic mass is 79.9. The molecule has 0 saturated heterocycles. The molecule has 0 bridgehead atoms. The lowest BCUT2D eigenvalue weighted by atomic mass is 10.2. The maximum atomic E-state index is 7.09. The van der Waals surface area contributed by atoms with E-state index < -0.39 is 8.32 Å². The summed E-state index contributed by atoms with van der Waals surface area (Å²) in [4.78, 5) is 0. The van der Waals surface area contributed by atoms with Gasteiger partial charge in [-0.2, -0.15) is 0 Å². The van der Waals surface area contributed by atoms with E-state index in [4.69, 9.17) is 4.43 Å². The normalized spacial score (nSPS) is 12.3. The Balaban J connectivity index is 1.93. The molecule has 0 aliphatic heterocycles. The molecule has 28 heavy (non-hydrogen) atoms. The zero-order chi connectivity index (χ0) is 19.8. The van der Waals surface area contributed by atoms with Gasteiger partial charge >= 0.3 is 8.32 Å². The highest BCUT2D eigenvalue weighted by molar-refractivity contribution is 9.10. The van der Waals surface area contributed by atoms with Crippen molar-refractivity contribution in [3.63, 3.8) is 0 Å². The quantitative estimate of drug-likeness (QED) is 0.307. The number of thiophene rings is 1. The van der Waals surface area contributed by atoms with Crippen molar-refractivity contribution in [1.82, 2.24) is 0 Å². The molecule has 0 fully saturated rings. The molecule has 0 aliphatic carbocycles. The minimum atomic E-state index is -2.58. The molecule has 0 spiro atoms. The van der Waals surface area contributed by atoms with Crippen LogP contribution in [-0.4, -0.2) is 8.32 Å². The molecule has 4 rings (SSSR count). The van der Waals surface area contributed by atoms with Crippen molar-refractivity contribution < 1.29 is 4.43 Å². The molecule has 0 unspecified atom stereocenters. The molecular formula is C24H23BrOSSi. The van der Waals surface area contributed by atoms with E-state index in [0.29, 0.717) is 0 Å². The average Bonchev–Trinajstić information content (AvgIpc) is 3.07. The van der Waals surface area contributed by atoms with Crippen LogP contribution in [0, 0.1) is 0 Å². The minimum absolute atomic E-state index is 0.0410. The summed E-state index contributed by atoms with van der Waals surface area (Å²) >= 11 is 5.38. The number of halogens is 1. The molecule has 0 atom stereocenters. The Hall–Kier alpha value is -1.88. The summed E-state index contributed by atoms with van der Waals surface area (Å²) in [5.41, 5.74) is 0. The van der Waals surface area contributed by atoms with E-state index in [1.165, 1.54) is 20.5 Å². The van der Waals surface area contributed by atoms with Gasteiger partial charge in [-0.05, 0) is 49.5 Å². The van der Waals surface area contributed by atoms with Gasteiger partial charge in [0.2, 0.25) is 0 Å². The summed E-state index contributed by atoms with van der Waals surface area (Å²) in [7, 11) is -2.58. The molecule has 1 nitrogen and oxygen atoms in total. The van der Waals surface area contributed by atoms with Gasteiger partial charge < -0.3 is 4.43 Å². The van der Waals surface area contributed by atoms with Crippen LogP contribution in [0.1, 0.15) is 20.8 Å². The molecular weight excluding hydrogens is 444 g/mol. The largest absolute Gasteiger partial charge is 0.534 e. The topological polar surface area (TPSA) is 9.23 Å². The molecule has 142 valence electrons. The van der Waals surface area contributed by atoms with Crippen molar-refractivity contribution in [2.24, 2.45) is 0 Å². The number of hydrogen-bond acceptors (Lipinski definition) is 2. The third-order valence-corrected chi connectivity index (χ3v) is 12.0. The van der Waals surface area contributed by atoms with Crippen molar-refractivity contribution in [3.05, 3.63) is 88.7 Å². The second kappa shape index (κ2) is 7.51. The Morgan fingerprint density at radius 2 is 1.39 bits per heavy atom. The summed E-state index contributed by atoms with van der Waals surface area (Å²) in [6, 6.07) is 28.0. The zero-order valence-corrected chi connectivity index (χ0v) is 19.7. The van der Waals surface area contributed by atoms with Crippen LogP contribution in [-0.2, 0) is 0 Å². The van der Waals surface area contributed by atoms with Crippen molar-refractivity contribution in [1.29, 1.82) is 0 Å². The Bertz CT molecular complexity index is 1040. The van der Waals surface area contributed by atoms with Crippen LogP contribution in [0.25, 0.3) is 10.1 Å². The fraction of sp³-hybridized carbons (Fsp3) is 0.167. The molecule has 4 aromatic rings. The van der Waals surface area contributed by atoms with E-state index in [9.17, 15) is 0 Å². The van der Waals surface area contributed by atoms with Crippen molar-refractivity contribution in [3.8, 4) is 5.75 Å². The molecule has 3 aromatic carbocycles. The van der Waals surface area contributed by atoms with Gasteiger partial charge in [0.1, 0.15) is 5.75 Å².